The van der Waals surface area contributed by atoms with Crippen molar-refractivity contribution in [1.82, 2.24) is 15.7 Å². The van der Waals surface area contributed by atoms with Crippen LogP contribution in [0.3, 0.4) is 0 Å². The summed E-state index contributed by atoms with van der Waals surface area (Å²) < 4.78 is 5.42. The second kappa shape index (κ2) is 12.7. The molecule has 0 saturated heterocycles. The van der Waals surface area contributed by atoms with Crippen molar-refractivity contribution in [2.24, 2.45) is 0 Å². The number of nitrogens with zero attached hydrogens (tertiary/aromatic N) is 1. The number of rotatable bonds is 9. The highest BCUT2D eigenvalue weighted by Gasteiger charge is 2.18. The van der Waals surface area contributed by atoms with E-state index in [2.05, 4.69) is 5.32 Å². The molecule has 3 N–H and O–H groups in total. The van der Waals surface area contributed by atoms with E-state index < -0.39 is 17.8 Å². The Morgan fingerprint density at radius 2 is 1.63 bits per heavy atom. The van der Waals surface area contributed by atoms with E-state index in [1.165, 1.54) is 11.6 Å². The SMILES string of the molecule is COc1ccccc1CCN(Cc1ccc(C=CC(=O)NO)cc1)C(=O)NC(=O)c1ccccc1. The molecule has 0 atom stereocenters. The molecule has 180 valence electrons. The van der Waals surface area contributed by atoms with Crippen molar-refractivity contribution in [3.05, 3.63) is 107 Å². The van der Waals surface area contributed by atoms with E-state index in [1.54, 1.807) is 60.6 Å². The maximum absolute atomic E-state index is 13.1. The van der Waals surface area contributed by atoms with E-state index in [-0.39, 0.29) is 6.54 Å². The minimum absolute atomic E-state index is 0.268. The Morgan fingerprint density at radius 1 is 0.943 bits per heavy atom. The van der Waals surface area contributed by atoms with E-state index >= 15 is 0 Å². The summed E-state index contributed by atoms with van der Waals surface area (Å²) >= 11 is 0. The highest BCUT2D eigenvalue weighted by atomic mass is 16.5. The molecular weight excluding hydrogens is 446 g/mol. The lowest BCUT2D eigenvalue weighted by atomic mass is 10.1. The molecule has 8 nitrogen and oxygen atoms in total. The number of nitrogens with one attached hydrogen (secondary N) is 2. The third-order valence-electron chi connectivity index (χ3n) is 5.28. The Kier molecular flexibility index (Phi) is 9.15. The normalized spacial score (nSPS) is 10.6. The fourth-order valence-electron chi connectivity index (χ4n) is 3.42. The summed E-state index contributed by atoms with van der Waals surface area (Å²) in [5, 5.41) is 11.1. The Bertz CT molecular complexity index is 1180. The Morgan fingerprint density at radius 3 is 2.31 bits per heavy atom. The molecule has 3 aromatic rings. The van der Waals surface area contributed by atoms with Gasteiger partial charge in [-0.25, -0.2) is 10.3 Å². The lowest BCUT2D eigenvalue weighted by Gasteiger charge is -2.23. The third-order valence-corrected chi connectivity index (χ3v) is 5.28. The maximum Gasteiger partial charge on any atom is 0.324 e. The number of para-hydroxylation sites is 1. The van der Waals surface area contributed by atoms with E-state index in [0.717, 1.165) is 22.4 Å². The number of carbonyl (C=O) groups is 3. The number of amides is 4. The van der Waals surface area contributed by atoms with Gasteiger partial charge < -0.3 is 9.64 Å². The standard InChI is InChI=1S/C27H27N3O5/c1-35-24-10-6-5-7-22(24)17-18-30(27(33)28-26(32)23-8-3-2-4-9-23)19-21-13-11-20(12-14-21)15-16-25(31)29-34/h2-16,34H,17-19H2,1H3,(H,29,31)(H,28,32,33). The summed E-state index contributed by atoms with van der Waals surface area (Å²) in [5.74, 6) is -0.367. The van der Waals surface area contributed by atoms with Crippen molar-refractivity contribution < 1.29 is 24.3 Å². The summed E-state index contributed by atoms with van der Waals surface area (Å²) in [7, 11) is 1.60. The van der Waals surface area contributed by atoms with Crippen LogP contribution in [0.5, 0.6) is 5.75 Å². The molecule has 35 heavy (non-hydrogen) atoms. The van der Waals surface area contributed by atoms with Crippen molar-refractivity contribution in [3.63, 3.8) is 0 Å². The molecule has 8 heteroatoms. The topological polar surface area (TPSA) is 108 Å². The summed E-state index contributed by atoms with van der Waals surface area (Å²) in [6.07, 6.45) is 3.30. The average molecular weight is 474 g/mol. The van der Waals surface area contributed by atoms with Gasteiger partial charge in [-0.05, 0) is 47.4 Å². The van der Waals surface area contributed by atoms with Crippen molar-refractivity contribution in [2.75, 3.05) is 13.7 Å². The number of urea groups is 1. The van der Waals surface area contributed by atoms with E-state index in [1.807, 2.05) is 36.4 Å². The quantitative estimate of drug-likeness (QED) is 0.249. The predicted molar refractivity (Wildman–Crippen MR) is 132 cm³/mol. The molecule has 3 aromatic carbocycles. The van der Waals surface area contributed by atoms with Crippen LogP contribution >= 0.6 is 0 Å². The largest absolute Gasteiger partial charge is 0.496 e. The highest BCUT2D eigenvalue weighted by molar-refractivity contribution is 6.04. The van der Waals surface area contributed by atoms with Crippen LogP contribution in [0.1, 0.15) is 27.0 Å². The van der Waals surface area contributed by atoms with Crippen LogP contribution in [0.15, 0.2) is 84.9 Å². The number of methoxy groups -OCH3 is 1. The smallest absolute Gasteiger partial charge is 0.324 e. The molecular formula is C27H27N3O5. The summed E-state index contributed by atoms with van der Waals surface area (Å²) in [6.45, 7) is 0.622. The van der Waals surface area contributed by atoms with Gasteiger partial charge in [0.15, 0.2) is 0 Å². The predicted octanol–water partition coefficient (Wildman–Crippen LogP) is 3.81. The first-order valence-electron chi connectivity index (χ1n) is 11.0. The highest BCUT2D eigenvalue weighted by Crippen LogP contribution is 2.19. The van der Waals surface area contributed by atoms with Gasteiger partial charge in [0, 0.05) is 24.7 Å². The van der Waals surface area contributed by atoms with Crippen LogP contribution in [0.25, 0.3) is 6.08 Å². The maximum atomic E-state index is 13.1. The number of hydrogen-bond acceptors (Lipinski definition) is 5. The zero-order valence-corrected chi connectivity index (χ0v) is 19.3. The lowest BCUT2D eigenvalue weighted by molar-refractivity contribution is -0.124. The van der Waals surface area contributed by atoms with Crippen LogP contribution in [-0.4, -0.2) is 41.6 Å². The number of imide groups is 1. The molecule has 3 rings (SSSR count). The molecule has 0 radical (unpaired) electrons. The number of carbonyl (C=O) groups excluding carboxylic acids is 3. The summed E-state index contributed by atoms with van der Waals surface area (Å²) in [5.41, 5.74) is 4.48. The molecule has 0 aliphatic rings. The monoisotopic (exact) mass is 473 g/mol. The molecule has 4 amide bonds. The van der Waals surface area contributed by atoms with Gasteiger partial charge in [-0.2, -0.15) is 0 Å². The van der Waals surface area contributed by atoms with Crippen LogP contribution < -0.4 is 15.5 Å². The van der Waals surface area contributed by atoms with Crippen molar-refractivity contribution in [1.29, 1.82) is 0 Å². The fraction of sp³-hybridized carbons (Fsp3) is 0.148. The van der Waals surface area contributed by atoms with Gasteiger partial charge >= 0.3 is 6.03 Å². The molecule has 0 bridgehead atoms. The lowest BCUT2D eigenvalue weighted by Crippen LogP contribution is -2.43. The van der Waals surface area contributed by atoms with Crippen molar-refractivity contribution in [3.8, 4) is 5.75 Å². The molecule has 0 unspecified atom stereocenters. The van der Waals surface area contributed by atoms with Crippen molar-refractivity contribution >= 4 is 23.9 Å². The zero-order chi connectivity index (χ0) is 25.0. The van der Waals surface area contributed by atoms with Crippen LogP contribution in [0.2, 0.25) is 0 Å². The third kappa shape index (κ3) is 7.55. The van der Waals surface area contributed by atoms with Gasteiger partial charge in [-0.3, -0.25) is 20.1 Å². The molecule has 0 aliphatic heterocycles. The number of hydrogen-bond donors (Lipinski definition) is 3. The first-order valence-corrected chi connectivity index (χ1v) is 11.0. The second-order valence-corrected chi connectivity index (χ2v) is 7.66. The molecule has 0 spiro atoms. The van der Waals surface area contributed by atoms with Gasteiger partial charge in [-0.15, -0.1) is 0 Å². The molecule has 0 heterocycles. The van der Waals surface area contributed by atoms with Crippen LogP contribution in [0, 0.1) is 0 Å². The van der Waals surface area contributed by atoms with Gasteiger partial charge in [0.05, 0.1) is 7.11 Å². The number of hydroxylamine groups is 1. The second-order valence-electron chi connectivity index (χ2n) is 7.66. The number of ether oxygens (including phenoxy) is 1. The Balaban J connectivity index is 1.74. The fourth-order valence-corrected chi connectivity index (χ4v) is 3.42. The van der Waals surface area contributed by atoms with E-state index in [4.69, 9.17) is 9.94 Å². The van der Waals surface area contributed by atoms with E-state index in [9.17, 15) is 14.4 Å². The minimum atomic E-state index is -0.628. The van der Waals surface area contributed by atoms with Gasteiger partial charge in [0.25, 0.3) is 11.8 Å². The minimum Gasteiger partial charge on any atom is -0.496 e. The first-order chi connectivity index (χ1) is 17.0. The Hall–Kier alpha value is -4.43. The van der Waals surface area contributed by atoms with Gasteiger partial charge in [-0.1, -0.05) is 60.7 Å². The van der Waals surface area contributed by atoms with Crippen molar-refractivity contribution in [2.45, 2.75) is 13.0 Å². The van der Waals surface area contributed by atoms with Gasteiger partial charge in [0.1, 0.15) is 5.75 Å². The molecule has 0 saturated carbocycles. The Labute approximate surface area is 203 Å². The summed E-state index contributed by atoms with van der Waals surface area (Å²) in [6, 6.07) is 22.9. The first kappa shape index (κ1) is 25.2. The molecule has 0 aromatic heterocycles. The number of benzene rings is 3. The average Bonchev–Trinajstić information content (AvgIpc) is 2.90. The van der Waals surface area contributed by atoms with Gasteiger partial charge in [0.2, 0.25) is 0 Å². The molecule has 0 fully saturated rings. The molecule has 0 aliphatic carbocycles. The summed E-state index contributed by atoms with van der Waals surface area (Å²) in [4.78, 5) is 38.3. The van der Waals surface area contributed by atoms with Crippen LogP contribution in [0.4, 0.5) is 4.79 Å². The zero-order valence-electron chi connectivity index (χ0n) is 19.3. The van der Waals surface area contributed by atoms with Crippen LogP contribution in [-0.2, 0) is 17.8 Å². The van der Waals surface area contributed by atoms with E-state index in [0.29, 0.717) is 18.5 Å².